The summed E-state index contributed by atoms with van der Waals surface area (Å²) in [4.78, 5) is 15.4. The fraction of sp³-hybridized carbons (Fsp3) is 0.333. The number of ether oxygens (including phenoxy) is 1. The Morgan fingerprint density at radius 1 is 1.42 bits per heavy atom. The van der Waals surface area contributed by atoms with Gasteiger partial charge < -0.3 is 9.15 Å². The van der Waals surface area contributed by atoms with E-state index in [1.54, 1.807) is 38.4 Å². The van der Waals surface area contributed by atoms with Crippen LogP contribution in [-0.4, -0.2) is 33.0 Å². The standard InChI is InChI=1S/C12H13N3O3S/c1-3-17-11(16)8(2)19-12-15-14-10(18-12)9-4-6-13-7-5-9/h4-8H,3H2,1-2H3/t8-/m1/s1. The number of hydrogen-bond acceptors (Lipinski definition) is 7. The fourth-order valence-corrected chi connectivity index (χ4v) is 2.01. The van der Waals surface area contributed by atoms with E-state index >= 15 is 0 Å². The van der Waals surface area contributed by atoms with Gasteiger partial charge in [-0.05, 0) is 26.0 Å². The average molecular weight is 279 g/mol. The van der Waals surface area contributed by atoms with Gasteiger partial charge in [0.1, 0.15) is 5.25 Å². The summed E-state index contributed by atoms with van der Waals surface area (Å²) in [5, 5.41) is 7.78. The molecule has 2 aromatic heterocycles. The second-order valence-corrected chi connectivity index (χ2v) is 4.91. The molecule has 0 saturated heterocycles. The molecule has 2 heterocycles. The molecule has 0 aromatic carbocycles. The molecule has 0 aliphatic heterocycles. The number of carbonyl (C=O) groups excluding carboxylic acids is 1. The van der Waals surface area contributed by atoms with Crippen LogP contribution in [0.4, 0.5) is 0 Å². The van der Waals surface area contributed by atoms with Crippen molar-refractivity contribution in [3.63, 3.8) is 0 Å². The van der Waals surface area contributed by atoms with Gasteiger partial charge in [0.05, 0.1) is 6.61 Å². The molecule has 0 aliphatic rings. The van der Waals surface area contributed by atoms with Crippen LogP contribution in [-0.2, 0) is 9.53 Å². The molecule has 0 spiro atoms. The number of hydrogen-bond donors (Lipinski definition) is 0. The van der Waals surface area contributed by atoms with Gasteiger partial charge in [0.2, 0.25) is 5.89 Å². The van der Waals surface area contributed by atoms with Gasteiger partial charge in [0.15, 0.2) is 0 Å². The van der Waals surface area contributed by atoms with Gasteiger partial charge in [0.25, 0.3) is 5.22 Å². The van der Waals surface area contributed by atoms with Gasteiger partial charge in [-0.25, -0.2) is 0 Å². The van der Waals surface area contributed by atoms with Crippen LogP contribution in [0.25, 0.3) is 11.5 Å². The third-order valence-corrected chi connectivity index (χ3v) is 3.14. The lowest BCUT2D eigenvalue weighted by Crippen LogP contribution is -2.16. The second-order valence-electron chi connectivity index (χ2n) is 3.62. The van der Waals surface area contributed by atoms with Gasteiger partial charge in [-0.1, -0.05) is 11.8 Å². The van der Waals surface area contributed by atoms with Crippen LogP contribution in [0.5, 0.6) is 0 Å². The minimum absolute atomic E-state index is 0.295. The molecule has 0 radical (unpaired) electrons. The molecule has 0 aliphatic carbocycles. The molecule has 0 fully saturated rings. The number of esters is 1. The van der Waals surface area contributed by atoms with E-state index < -0.39 is 0 Å². The van der Waals surface area contributed by atoms with Crippen molar-refractivity contribution in [1.82, 2.24) is 15.2 Å². The number of rotatable bonds is 5. The van der Waals surface area contributed by atoms with E-state index in [0.29, 0.717) is 17.7 Å². The highest BCUT2D eigenvalue weighted by Gasteiger charge is 2.19. The highest BCUT2D eigenvalue weighted by Crippen LogP contribution is 2.26. The molecule has 7 heteroatoms. The molecular formula is C12H13N3O3S. The molecule has 2 rings (SSSR count). The van der Waals surface area contributed by atoms with E-state index in [1.807, 2.05) is 0 Å². The molecule has 19 heavy (non-hydrogen) atoms. The molecule has 6 nitrogen and oxygen atoms in total. The van der Waals surface area contributed by atoms with Gasteiger partial charge in [-0.2, -0.15) is 0 Å². The third kappa shape index (κ3) is 3.54. The van der Waals surface area contributed by atoms with E-state index in [-0.39, 0.29) is 11.2 Å². The van der Waals surface area contributed by atoms with E-state index in [0.717, 1.165) is 5.56 Å². The molecule has 2 aromatic rings. The van der Waals surface area contributed by atoms with Crippen molar-refractivity contribution in [3.8, 4) is 11.5 Å². The van der Waals surface area contributed by atoms with Gasteiger partial charge >= 0.3 is 5.97 Å². The van der Waals surface area contributed by atoms with Crippen molar-refractivity contribution in [2.75, 3.05) is 6.61 Å². The molecule has 0 bridgehead atoms. The highest BCUT2D eigenvalue weighted by molar-refractivity contribution is 8.00. The van der Waals surface area contributed by atoms with Crippen molar-refractivity contribution in [1.29, 1.82) is 0 Å². The van der Waals surface area contributed by atoms with Crippen molar-refractivity contribution in [2.24, 2.45) is 0 Å². The van der Waals surface area contributed by atoms with Gasteiger partial charge in [-0.3, -0.25) is 9.78 Å². The zero-order valence-corrected chi connectivity index (χ0v) is 11.4. The Morgan fingerprint density at radius 2 is 2.16 bits per heavy atom. The zero-order chi connectivity index (χ0) is 13.7. The summed E-state index contributed by atoms with van der Waals surface area (Å²) in [6.07, 6.45) is 3.29. The summed E-state index contributed by atoms with van der Waals surface area (Å²) >= 11 is 1.18. The maximum Gasteiger partial charge on any atom is 0.319 e. The van der Waals surface area contributed by atoms with Crippen LogP contribution < -0.4 is 0 Å². The van der Waals surface area contributed by atoms with E-state index in [4.69, 9.17) is 9.15 Å². The van der Waals surface area contributed by atoms with Gasteiger partial charge in [-0.15, -0.1) is 10.2 Å². The first-order chi connectivity index (χ1) is 9.20. The molecule has 0 amide bonds. The monoisotopic (exact) mass is 279 g/mol. The summed E-state index contributed by atoms with van der Waals surface area (Å²) in [6, 6.07) is 3.55. The average Bonchev–Trinajstić information content (AvgIpc) is 2.88. The number of carbonyl (C=O) groups is 1. The van der Waals surface area contributed by atoms with E-state index in [1.165, 1.54) is 11.8 Å². The Morgan fingerprint density at radius 3 is 2.84 bits per heavy atom. The Balaban J connectivity index is 2.04. The SMILES string of the molecule is CCOC(=O)[C@@H](C)Sc1nnc(-c2ccncc2)o1. The lowest BCUT2D eigenvalue weighted by molar-refractivity contribution is -0.142. The Bertz CT molecular complexity index is 544. The second kappa shape index (κ2) is 6.33. The van der Waals surface area contributed by atoms with Crippen molar-refractivity contribution in [3.05, 3.63) is 24.5 Å². The molecular weight excluding hydrogens is 266 g/mol. The predicted molar refractivity (Wildman–Crippen MR) is 69.5 cm³/mol. The normalized spacial score (nSPS) is 12.1. The minimum Gasteiger partial charge on any atom is -0.465 e. The first kappa shape index (κ1) is 13.5. The van der Waals surface area contributed by atoms with E-state index in [9.17, 15) is 4.79 Å². The van der Waals surface area contributed by atoms with Crippen LogP contribution in [0.1, 0.15) is 13.8 Å². The number of aromatic nitrogens is 3. The number of nitrogens with zero attached hydrogens (tertiary/aromatic N) is 3. The summed E-state index contributed by atoms with van der Waals surface area (Å²) in [5.74, 6) is 0.108. The van der Waals surface area contributed by atoms with Gasteiger partial charge in [0, 0.05) is 18.0 Å². The largest absolute Gasteiger partial charge is 0.465 e. The molecule has 0 N–H and O–H groups in total. The maximum absolute atomic E-state index is 11.5. The summed E-state index contributed by atoms with van der Waals surface area (Å²) < 4.78 is 10.4. The minimum atomic E-state index is -0.384. The number of pyridine rings is 1. The van der Waals surface area contributed by atoms with Crippen molar-refractivity contribution >= 4 is 17.7 Å². The molecule has 0 saturated carbocycles. The maximum atomic E-state index is 11.5. The van der Waals surface area contributed by atoms with E-state index in [2.05, 4.69) is 15.2 Å². The zero-order valence-electron chi connectivity index (χ0n) is 10.6. The Kier molecular flexibility index (Phi) is 4.51. The number of thioether (sulfide) groups is 1. The van der Waals surface area contributed by atoms with Crippen LogP contribution in [0.2, 0.25) is 0 Å². The lowest BCUT2D eigenvalue weighted by atomic mass is 10.3. The van der Waals surface area contributed by atoms with Crippen LogP contribution >= 0.6 is 11.8 Å². The predicted octanol–water partition coefficient (Wildman–Crippen LogP) is 2.18. The Hall–Kier alpha value is -1.89. The Labute approximate surface area is 114 Å². The smallest absolute Gasteiger partial charge is 0.319 e. The van der Waals surface area contributed by atoms with Crippen LogP contribution in [0.15, 0.2) is 34.2 Å². The van der Waals surface area contributed by atoms with Crippen LogP contribution in [0, 0.1) is 0 Å². The first-order valence-electron chi connectivity index (χ1n) is 5.78. The third-order valence-electron chi connectivity index (χ3n) is 2.23. The quantitative estimate of drug-likeness (QED) is 0.613. The summed E-state index contributed by atoms with van der Waals surface area (Å²) in [7, 11) is 0. The summed E-state index contributed by atoms with van der Waals surface area (Å²) in [6.45, 7) is 3.86. The lowest BCUT2D eigenvalue weighted by Gasteiger charge is -2.06. The molecule has 100 valence electrons. The highest BCUT2D eigenvalue weighted by atomic mass is 32.2. The first-order valence-corrected chi connectivity index (χ1v) is 6.66. The van der Waals surface area contributed by atoms with Crippen molar-refractivity contribution < 1.29 is 13.9 Å². The van der Waals surface area contributed by atoms with Crippen molar-refractivity contribution in [2.45, 2.75) is 24.3 Å². The van der Waals surface area contributed by atoms with Crippen LogP contribution in [0.3, 0.4) is 0 Å². The fourth-order valence-electron chi connectivity index (χ4n) is 1.33. The summed E-state index contributed by atoms with van der Waals surface area (Å²) in [5.41, 5.74) is 0.790. The molecule has 1 atom stereocenters. The molecule has 0 unspecified atom stereocenters. The topological polar surface area (TPSA) is 78.1 Å².